The highest BCUT2D eigenvalue weighted by Gasteiger charge is 2.36. The molecule has 0 fully saturated rings. The first-order valence-corrected chi connectivity index (χ1v) is 10.8. The van der Waals surface area contributed by atoms with Gasteiger partial charge in [-0.05, 0) is 48.4 Å². The molecule has 1 aliphatic rings. The fraction of sp³-hybridized carbons (Fsp3) is 0.273. The molecule has 8 nitrogen and oxygen atoms in total. The van der Waals surface area contributed by atoms with Crippen molar-refractivity contribution in [3.05, 3.63) is 85.0 Å². The third-order valence-electron chi connectivity index (χ3n) is 5.22. The number of hydrogen-bond acceptors (Lipinski definition) is 6. The van der Waals surface area contributed by atoms with E-state index in [9.17, 15) is 14.7 Å². The van der Waals surface area contributed by atoms with Crippen LogP contribution >= 0.6 is 23.2 Å². The summed E-state index contributed by atoms with van der Waals surface area (Å²) in [7, 11) is 1.59. The topological polar surface area (TPSA) is 88.7 Å². The molecule has 0 saturated heterocycles. The van der Waals surface area contributed by atoms with Crippen molar-refractivity contribution in [2.24, 2.45) is 7.05 Å². The van der Waals surface area contributed by atoms with Gasteiger partial charge >= 0.3 is 5.69 Å². The molecule has 1 aromatic heterocycles. The predicted molar refractivity (Wildman–Crippen MR) is 125 cm³/mol. The number of rotatable bonds is 7. The third-order valence-corrected chi connectivity index (χ3v) is 5.73. The van der Waals surface area contributed by atoms with E-state index in [1.165, 1.54) is 4.57 Å². The van der Waals surface area contributed by atoms with Crippen molar-refractivity contribution < 1.29 is 9.84 Å². The van der Waals surface area contributed by atoms with Gasteiger partial charge in [-0.1, -0.05) is 35.3 Å². The Bertz CT molecular complexity index is 1220. The lowest BCUT2D eigenvalue weighted by atomic mass is 10.2. The molecule has 1 aliphatic heterocycles. The zero-order chi connectivity index (χ0) is 22.8. The number of nitrogens with zero attached hydrogens (tertiary/aromatic N) is 3. The van der Waals surface area contributed by atoms with Crippen molar-refractivity contribution in [2.75, 3.05) is 16.8 Å². The van der Waals surface area contributed by atoms with Crippen LogP contribution in [-0.4, -0.2) is 27.2 Å². The largest absolute Gasteiger partial charge is 0.452 e. The summed E-state index contributed by atoms with van der Waals surface area (Å²) in [6.45, 7) is 0.331. The van der Waals surface area contributed by atoms with E-state index in [2.05, 4.69) is 5.32 Å². The van der Waals surface area contributed by atoms with E-state index in [4.69, 9.17) is 27.9 Å². The molecular formula is C22H22Cl2N4O4. The first-order chi connectivity index (χ1) is 15.4. The Morgan fingerprint density at radius 2 is 1.66 bits per heavy atom. The van der Waals surface area contributed by atoms with Crippen LogP contribution in [0, 0.1) is 0 Å². The molecule has 4 rings (SSSR count). The first-order valence-electron chi connectivity index (χ1n) is 10.0. The van der Waals surface area contributed by atoms with Crippen LogP contribution < -0.4 is 26.2 Å². The fourth-order valence-electron chi connectivity index (χ4n) is 3.60. The van der Waals surface area contributed by atoms with Crippen LogP contribution in [0.15, 0.2) is 58.1 Å². The molecule has 0 aliphatic carbocycles. The standard InChI is InChI=1S/C22H22Cl2N4O4/c1-26-19-18(20(30)27(22(26)31)11-2-12-29)28(13-14-3-5-15(23)6-4-14)21(25-19)32-17-9-7-16(24)8-10-17/h3-10,21,25,29H,2,11-13H2,1H3. The van der Waals surface area contributed by atoms with E-state index in [0.717, 1.165) is 10.1 Å². The highest BCUT2D eigenvalue weighted by atomic mass is 35.5. The van der Waals surface area contributed by atoms with Crippen LogP contribution in [0.25, 0.3) is 0 Å². The van der Waals surface area contributed by atoms with Gasteiger partial charge < -0.3 is 20.1 Å². The SMILES string of the molecule is Cn1c2c(c(=O)n(CCCO)c1=O)N(Cc1ccc(Cl)cc1)C(Oc1ccc(Cl)cc1)N2. The first kappa shape index (κ1) is 22.3. The monoisotopic (exact) mass is 476 g/mol. The quantitative estimate of drug-likeness (QED) is 0.544. The smallest absolute Gasteiger partial charge is 0.332 e. The van der Waals surface area contributed by atoms with Crippen LogP contribution in [0.4, 0.5) is 11.5 Å². The lowest BCUT2D eigenvalue weighted by Crippen LogP contribution is -2.43. The number of nitrogens with one attached hydrogen (secondary N) is 1. The van der Waals surface area contributed by atoms with Gasteiger partial charge in [0, 0.05) is 36.8 Å². The molecule has 2 aromatic carbocycles. The van der Waals surface area contributed by atoms with E-state index in [1.807, 2.05) is 12.1 Å². The highest BCUT2D eigenvalue weighted by Crippen LogP contribution is 2.33. The van der Waals surface area contributed by atoms with Gasteiger partial charge in [0.05, 0.1) is 0 Å². The maximum atomic E-state index is 13.3. The minimum absolute atomic E-state index is 0.118. The van der Waals surface area contributed by atoms with Gasteiger partial charge in [-0.2, -0.15) is 0 Å². The molecule has 2 heterocycles. The van der Waals surface area contributed by atoms with Gasteiger partial charge in [0.25, 0.3) is 11.9 Å². The molecule has 2 N–H and O–H groups in total. The second kappa shape index (κ2) is 9.28. The summed E-state index contributed by atoms with van der Waals surface area (Å²) in [4.78, 5) is 27.9. The summed E-state index contributed by atoms with van der Waals surface area (Å²) in [6.07, 6.45) is -0.447. The Kier molecular flexibility index (Phi) is 6.45. The van der Waals surface area contributed by atoms with Crippen molar-refractivity contribution >= 4 is 34.7 Å². The molecule has 10 heteroatoms. The van der Waals surface area contributed by atoms with E-state index in [1.54, 1.807) is 48.3 Å². The molecule has 32 heavy (non-hydrogen) atoms. The summed E-state index contributed by atoms with van der Waals surface area (Å²) < 4.78 is 8.64. The van der Waals surface area contributed by atoms with Crippen LogP contribution in [-0.2, 0) is 20.1 Å². The molecule has 0 saturated carbocycles. The van der Waals surface area contributed by atoms with Crippen LogP contribution in [0.1, 0.15) is 12.0 Å². The Hall–Kier alpha value is -2.94. The highest BCUT2D eigenvalue weighted by molar-refractivity contribution is 6.30. The zero-order valence-corrected chi connectivity index (χ0v) is 18.8. The summed E-state index contributed by atoms with van der Waals surface area (Å²) in [5.41, 5.74) is 0.316. The fourth-order valence-corrected chi connectivity index (χ4v) is 3.85. The van der Waals surface area contributed by atoms with Crippen molar-refractivity contribution in [2.45, 2.75) is 25.9 Å². The maximum absolute atomic E-state index is 13.3. The number of halogens is 2. The molecule has 1 unspecified atom stereocenters. The van der Waals surface area contributed by atoms with Crippen molar-refractivity contribution in [1.29, 1.82) is 0 Å². The normalized spacial score (nSPS) is 14.9. The Balaban J connectivity index is 1.78. The minimum atomic E-state index is -0.742. The Morgan fingerprint density at radius 3 is 2.28 bits per heavy atom. The third kappa shape index (κ3) is 4.34. The summed E-state index contributed by atoms with van der Waals surface area (Å²) in [6, 6.07) is 14.2. The average Bonchev–Trinajstić information content (AvgIpc) is 3.13. The molecule has 0 spiro atoms. The van der Waals surface area contributed by atoms with Crippen LogP contribution in [0.5, 0.6) is 5.75 Å². The molecule has 168 valence electrons. The van der Waals surface area contributed by atoms with Gasteiger partial charge in [-0.3, -0.25) is 13.9 Å². The summed E-state index contributed by atoms with van der Waals surface area (Å²) >= 11 is 12.0. The maximum Gasteiger partial charge on any atom is 0.332 e. The molecule has 0 radical (unpaired) electrons. The number of aliphatic hydroxyl groups is 1. The molecule has 3 aromatic rings. The predicted octanol–water partition coefficient (Wildman–Crippen LogP) is 3.03. The second-order valence-corrected chi connectivity index (χ2v) is 8.27. The van der Waals surface area contributed by atoms with Crippen molar-refractivity contribution in [3.63, 3.8) is 0 Å². The summed E-state index contributed by atoms with van der Waals surface area (Å²) in [5, 5.41) is 13.5. The van der Waals surface area contributed by atoms with Gasteiger partial charge in [0.1, 0.15) is 17.3 Å². The minimum Gasteiger partial charge on any atom is -0.452 e. The number of benzene rings is 2. The van der Waals surface area contributed by atoms with E-state index >= 15 is 0 Å². The van der Waals surface area contributed by atoms with Gasteiger partial charge in [-0.25, -0.2) is 4.79 Å². The van der Waals surface area contributed by atoms with Gasteiger partial charge in [0.2, 0.25) is 0 Å². The summed E-state index contributed by atoms with van der Waals surface area (Å²) in [5.74, 6) is 0.916. The number of ether oxygens (including phenoxy) is 1. The van der Waals surface area contributed by atoms with Crippen LogP contribution in [0.2, 0.25) is 10.0 Å². The number of hydrogen-bond donors (Lipinski definition) is 2. The molecular weight excluding hydrogens is 455 g/mol. The van der Waals surface area contributed by atoms with Crippen molar-refractivity contribution in [1.82, 2.24) is 9.13 Å². The number of fused-ring (bicyclic) bond motifs is 1. The molecule has 0 amide bonds. The van der Waals surface area contributed by atoms with Crippen LogP contribution in [0.3, 0.4) is 0 Å². The Labute approximate surface area is 194 Å². The van der Waals surface area contributed by atoms with Gasteiger partial charge in [-0.15, -0.1) is 0 Å². The average molecular weight is 477 g/mol. The van der Waals surface area contributed by atoms with Gasteiger partial charge in [0.15, 0.2) is 0 Å². The van der Waals surface area contributed by atoms with E-state index in [0.29, 0.717) is 40.3 Å². The Morgan fingerprint density at radius 1 is 1.03 bits per heavy atom. The zero-order valence-electron chi connectivity index (χ0n) is 17.3. The number of anilines is 2. The number of aromatic nitrogens is 2. The molecule has 1 atom stereocenters. The lowest BCUT2D eigenvalue weighted by molar-refractivity contribution is 0.228. The second-order valence-electron chi connectivity index (χ2n) is 7.40. The van der Waals surface area contributed by atoms with E-state index < -0.39 is 17.6 Å². The van der Waals surface area contributed by atoms with E-state index in [-0.39, 0.29) is 13.2 Å². The number of aliphatic hydroxyl groups excluding tert-OH is 1. The molecule has 0 bridgehead atoms. The van der Waals surface area contributed by atoms with Crippen molar-refractivity contribution in [3.8, 4) is 5.75 Å². The lowest BCUT2D eigenvalue weighted by Gasteiger charge is -2.26.